The Labute approximate surface area is 107 Å². The average Bonchev–Trinajstić information content (AvgIpc) is 2.63. The van der Waals surface area contributed by atoms with Crippen molar-refractivity contribution in [2.75, 3.05) is 13.1 Å². The van der Waals surface area contributed by atoms with Gasteiger partial charge in [0, 0.05) is 26.0 Å². The number of hydrogen-bond acceptors (Lipinski definition) is 3. The van der Waals surface area contributed by atoms with E-state index in [2.05, 4.69) is 0 Å². The van der Waals surface area contributed by atoms with Gasteiger partial charge in [0.15, 0.2) is 0 Å². The molecule has 0 atom stereocenters. The van der Waals surface area contributed by atoms with Crippen LogP contribution in [0.3, 0.4) is 0 Å². The number of hydrogen-bond donors (Lipinski definition) is 1. The Bertz CT molecular complexity index is 519. The summed E-state index contributed by atoms with van der Waals surface area (Å²) in [4.78, 5) is 10.9. The number of aliphatic carboxylic acids is 1. The monoisotopic (exact) mass is 274 g/mol. The van der Waals surface area contributed by atoms with Crippen molar-refractivity contribution in [1.82, 2.24) is 8.87 Å². The summed E-state index contributed by atoms with van der Waals surface area (Å²) in [6, 6.07) is 1.46. The van der Waals surface area contributed by atoms with Gasteiger partial charge in [-0.05, 0) is 12.0 Å². The highest BCUT2D eigenvalue weighted by molar-refractivity contribution is 7.89. The molecule has 0 amide bonds. The molecule has 1 aromatic rings. The van der Waals surface area contributed by atoms with Crippen molar-refractivity contribution >= 4 is 16.0 Å². The van der Waals surface area contributed by atoms with Gasteiger partial charge in [-0.2, -0.15) is 4.31 Å². The number of aryl methyl sites for hydroxylation is 1. The minimum absolute atomic E-state index is 0.0582. The molecule has 1 aromatic heterocycles. The molecule has 0 spiro atoms. The van der Waals surface area contributed by atoms with Gasteiger partial charge in [-0.3, -0.25) is 4.79 Å². The minimum atomic E-state index is -3.74. The molecule has 0 fully saturated rings. The minimum Gasteiger partial charge on any atom is -0.480 e. The lowest BCUT2D eigenvalue weighted by atomic mass is 10.2. The fourth-order valence-corrected chi connectivity index (χ4v) is 3.19. The zero-order valence-corrected chi connectivity index (χ0v) is 11.5. The van der Waals surface area contributed by atoms with Crippen LogP contribution in [0.4, 0.5) is 0 Å². The largest absolute Gasteiger partial charge is 0.480 e. The second kappa shape index (κ2) is 5.53. The summed E-state index contributed by atoms with van der Waals surface area (Å²) < 4.78 is 27.1. The lowest BCUT2D eigenvalue weighted by Gasteiger charge is -2.21. The van der Waals surface area contributed by atoms with Crippen molar-refractivity contribution in [2.45, 2.75) is 18.7 Å². The molecule has 0 radical (unpaired) electrons. The predicted octanol–water partition coefficient (Wildman–Crippen LogP) is 0.756. The van der Waals surface area contributed by atoms with Crippen molar-refractivity contribution < 1.29 is 18.3 Å². The molecule has 6 nitrogen and oxygen atoms in total. The normalized spacial score (nSPS) is 12.3. The first kappa shape index (κ1) is 14.7. The summed E-state index contributed by atoms with van der Waals surface area (Å²) in [5.41, 5.74) is 0. The van der Waals surface area contributed by atoms with Crippen LogP contribution in [0.2, 0.25) is 0 Å². The Morgan fingerprint density at radius 2 is 2.11 bits per heavy atom. The molecule has 0 aliphatic heterocycles. The van der Waals surface area contributed by atoms with Crippen LogP contribution in [0.5, 0.6) is 0 Å². The summed E-state index contributed by atoms with van der Waals surface area (Å²) in [7, 11) is -2.03. The summed E-state index contributed by atoms with van der Waals surface area (Å²) >= 11 is 0. The maximum Gasteiger partial charge on any atom is 0.318 e. The Morgan fingerprint density at radius 1 is 1.50 bits per heavy atom. The van der Waals surface area contributed by atoms with Gasteiger partial charge in [0.25, 0.3) is 0 Å². The molecule has 0 saturated carbocycles. The lowest BCUT2D eigenvalue weighted by Crippen LogP contribution is -2.38. The number of nitrogens with zero attached hydrogens (tertiary/aromatic N) is 2. The molecular weight excluding hydrogens is 256 g/mol. The Balaban J connectivity index is 3.06. The number of carbonyl (C=O) groups is 1. The summed E-state index contributed by atoms with van der Waals surface area (Å²) in [6.07, 6.45) is 3.08. The van der Waals surface area contributed by atoms with E-state index in [1.807, 2.05) is 13.8 Å². The van der Waals surface area contributed by atoms with Crippen LogP contribution < -0.4 is 0 Å². The van der Waals surface area contributed by atoms with Crippen LogP contribution in [-0.2, 0) is 21.9 Å². The summed E-state index contributed by atoms with van der Waals surface area (Å²) in [5, 5.41) is 8.80. The number of carboxylic acid groups (broad SMARTS) is 1. The number of carboxylic acids is 1. The molecule has 1 rings (SSSR count). The molecule has 7 heteroatoms. The van der Waals surface area contributed by atoms with E-state index in [4.69, 9.17) is 5.11 Å². The second-order valence-corrected chi connectivity index (χ2v) is 6.54. The molecule has 0 saturated heterocycles. The van der Waals surface area contributed by atoms with E-state index >= 15 is 0 Å². The van der Waals surface area contributed by atoms with Crippen molar-refractivity contribution in [3.63, 3.8) is 0 Å². The molecule has 0 aliphatic carbocycles. The second-order valence-electron chi connectivity index (χ2n) is 4.60. The Morgan fingerprint density at radius 3 is 2.50 bits per heavy atom. The highest BCUT2D eigenvalue weighted by Gasteiger charge is 2.27. The number of rotatable bonds is 6. The van der Waals surface area contributed by atoms with Gasteiger partial charge in [-0.1, -0.05) is 13.8 Å². The van der Waals surface area contributed by atoms with Crippen LogP contribution >= 0.6 is 0 Å². The molecule has 0 aromatic carbocycles. The standard InChI is InChI=1S/C11H18N2O4S/c1-9(2)6-13(8-11(14)15)18(16,17)10-4-5-12(3)7-10/h4-5,7,9H,6,8H2,1-3H3,(H,14,15). The van der Waals surface area contributed by atoms with E-state index in [1.54, 1.807) is 17.8 Å². The molecule has 0 bridgehead atoms. The van der Waals surface area contributed by atoms with Crippen molar-refractivity contribution in [3.8, 4) is 0 Å². The fraction of sp³-hybridized carbons (Fsp3) is 0.545. The summed E-state index contributed by atoms with van der Waals surface area (Å²) in [5.74, 6) is -1.10. The first-order valence-corrected chi connectivity index (χ1v) is 7.01. The topological polar surface area (TPSA) is 79.6 Å². The highest BCUT2D eigenvalue weighted by Crippen LogP contribution is 2.17. The summed E-state index contributed by atoms with van der Waals surface area (Å²) in [6.45, 7) is 3.35. The SMILES string of the molecule is CC(C)CN(CC(=O)O)S(=O)(=O)c1ccn(C)c1. The van der Waals surface area contributed by atoms with Gasteiger partial charge < -0.3 is 9.67 Å². The molecular formula is C11H18N2O4S. The van der Waals surface area contributed by atoms with Crippen LogP contribution in [0, 0.1) is 5.92 Å². The van der Waals surface area contributed by atoms with Crippen molar-refractivity contribution in [3.05, 3.63) is 18.5 Å². The van der Waals surface area contributed by atoms with Gasteiger partial charge in [-0.25, -0.2) is 8.42 Å². The molecule has 18 heavy (non-hydrogen) atoms. The third kappa shape index (κ3) is 3.58. The third-order valence-electron chi connectivity index (χ3n) is 2.32. The van der Waals surface area contributed by atoms with E-state index in [0.717, 1.165) is 4.31 Å². The third-order valence-corrected chi connectivity index (χ3v) is 4.12. The highest BCUT2D eigenvalue weighted by atomic mass is 32.2. The van der Waals surface area contributed by atoms with E-state index < -0.39 is 22.5 Å². The van der Waals surface area contributed by atoms with Gasteiger partial charge in [0.1, 0.15) is 6.54 Å². The first-order valence-electron chi connectivity index (χ1n) is 5.57. The van der Waals surface area contributed by atoms with Crippen LogP contribution in [0.1, 0.15) is 13.8 Å². The smallest absolute Gasteiger partial charge is 0.318 e. The van der Waals surface area contributed by atoms with Gasteiger partial charge in [0.2, 0.25) is 10.0 Å². The zero-order chi connectivity index (χ0) is 13.9. The van der Waals surface area contributed by atoms with Gasteiger partial charge in [-0.15, -0.1) is 0 Å². The Hall–Kier alpha value is -1.34. The molecule has 1 N–H and O–H groups in total. The molecule has 1 heterocycles. The zero-order valence-electron chi connectivity index (χ0n) is 10.7. The molecule has 0 aliphatic rings. The maximum absolute atomic E-state index is 12.3. The molecule has 0 unspecified atom stereocenters. The van der Waals surface area contributed by atoms with Crippen LogP contribution in [0.15, 0.2) is 23.4 Å². The van der Waals surface area contributed by atoms with E-state index in [0.29, 0.717) is 0 Å². The number of sulfonamides is 1. The van der Waals surface area contributed by atoms with Gasteiger partial charge >= 0.3 is 5.97 Å². The van der Waals surface area contributed by atoms with E-state index in [1.165, 1.54) is 12.3 Å². The average molecular weight is 274 g/mol. The van der Waals surface area contributed by atoms with Crippen molar-refractivity contribution in [1.29, 1.82) is 0 Å². The number of aromatic nitrogens is 1. The quantitative estimate of drug-likeness (QED) is 0.830. The first-order chi connectivity index (χ1) is 8.23. The van der Waals surface area contributed by atoms with E-state index in [9.17, 15) is 13.2 Å². The van der Waals surface area contributed by atoms with E-state index in [-0.39, 0.29) is 17.4 Å². The maximum atomic E-state index is 12.3. The van der Waals surface area contributed by atoms with Crippen molar-refractivity contribution in [2.24, 2.45) is 13.0 Å². The van der Waals surface area contributed by atoms with Crippen LogP contribution in [-0.4, -0.2) is 41.5 Å². The van der Waals surface area contributed by atoms with Crippen LogP contribution in [0.25, 0.3) is 0 Å². The predicted molar refractivity (Wildman–Crippen MR) is 66.6 cm³/mol. The fourth-order valence-electron chi connectivity index (χ4n) is 1.59. The molecule has 102 valence electrons. The lowest BCUT2D eigenvalue weighted by molar-refractivity contribution is -0.137. The Kier molecular flexibility index (Phi) is 4.53. The van der Waals surface area contributed by atoms with Gasteiger partial charge in [0.05, 0.1) is 4.90 Å².